The van der Waals surface area contributed by atoms with Gasteiger partial charge in [-0.15, -0.1) is 10.2 Å². The number of rotatable bonds is 7. The van der Waals surface area contributed by atoms with E-state index in [1.165, 1.54) is 23.9 Å². The summed E-state index contributed by atoms with van der Waals surface area (Å²) in [5.74, 6) is 2.01. The molecule has 0 radical (unpaired) electrons. The zero-order chi connectivity index (χ0) is 18.5. The number of nitro groups is 1. The van der Waals surface area contributed by atoms with E-state index in [2.05, 4.69) is 10.2 Å². The number of methoxy groups -OCH3 is 2. The van der Waals surface area contributed by atoms with E-state index in [0.29, 0.717) is 33.9 Å². The lowest BCUT2D eigenvalue weighted by Gasteiger charge is -2.07. The number of benzene rings is 2. The number of nitro benzene ring substituents is 1. The largest absolute Gasteiger partial charge is 0.493 e. The zero-order valence-corrected chi connectivity index (χ0v) is 14.9. The highest BCUT2D eigenvalue weighted by atomic mass is 32.2. The Kier molecular flexibility index (Phi) is 5.37. The first-order chi connectivity index (χ1) is 12.6. The van der Waals surface area contributed by atoms with Crippen molar-refractivity contribution >= 4 is 17.4 Å². The average Bonchev–Trinajstić information content (AvgIpc) is 3.15. The summed E-state index contributed by atoms with van der Waals surface area (Å²) >= 11 is 1.31. The summed E-state index contributed by atoms with van der Waals surface area (Å²) in [5.41, 5.74) is 1.56. The van der Waals surface area contributed by atoms with Crippen molar-refractivity contribution in [3.63, 3.8) is 0 Å². The molecule has 0 unspecified atom stereocenters. The van der Waals surface area contributed by atoms with E-state index in [1.807, 2.05) is 6.07 Å². The third kappa shape index (κ3) is 3.94. The van der Waals surface area contributed by atoms with E-state index in [4.69, 9.17) is 13.9 Å². The van der Waals surface area contributed by atoms with Crippen molar-refractivity contribution in [2.24, 2.45) is 0 Å². The standard InChI is InChI=1S/C17H15N3O5S/c1-23-14-7-6-12(9-15(14)24-2)16-18-19-17(25-16)26-10-11-4-3-5-13(8-11)20(21)22/h3-9H,10H2,1-2H3. The normalized spacial score (nSPS) is 10.5. The van der Waals surface area contributed by atoms with Crippen LogP contribution in [0.3, 0.4) is 0 Å². The quantitative estimate of drug-likeness (QED) is 0.348. The van der Waals surface area contributed by atoms with Gasteiger partial charge in [0, 0.05) is 23.4 Å². The van der Waals surface area contributed by atoms with Gasteiger partial charge in [0.1, 0.15) is 0 Å². The Balaban J connectivity index is 1.72. The molecule has 26 heavy (non-hydrogen) atoms. The van der Waals surface area contributed by atoms with Crippen molar-refractivity contribution < 1.29 is 18.8 Å². The molecule has 134 valence electrons. The first kappa shape index (κ1) is 17.7. The van der Waals surface area contributed by atoms with E-state index in [-0.39, 0.29) is 5.69 Å². The second-order valence-corrected chi connectivity index (χ2v) is 6.09. The second kappa shape index (κ2) is 7.87. The molecule has 0 aliphatic heterocycles. The van der Waals surface area contributed by atoms with Crippen LogP contribution in [0.25, 0.3) is 11.5 Å². The van der Waals surface area contributed by atoms with Crippen LogP contribution in [0.4, 0.5) is 5.69 Å². The molecular weight excluding hydrogens is 358 g/mol. The molecule has 0 bridgehead atoms. The van der Waals surface area contributed by atoms with Crippen molar-refractivity contribution in [1.29, 1.82) is 0 Å². The maximum atomic E-state index is 10.8. The summed E-state index contributed by atoms with van der Waals surface area (Å²) < 4.78 is 16.1. The van der Waals surface area contributed by atoms with E-state index >= 15 is 0 Å². The summed E-state index contributed by atoms with van der Waals surface area (Å²) in [6.07, 6.45) is 0. The van der Waals surface area contributed by atoms with E-state index in [9.17, 15) is 10.1 Å². The molecule has 0 amide bonds. The molecule has 0 fully saturated rings. The van der Waals surface area contributed by atoms with Crippen LogP contribution in [0.2, 0.25) is 0 Å². The third-order valence-corrected chi connectivity index (χ3v) is 4.41. The van der Waals surface area contributed by atoms with Gasteiger partial charge >= 0.3 is 0 Å². The average molecular weight is 373 g/mol. The highest BCUT2D eigenvalue weighted by Crippen LogP contribution is 2.33. The summed E-state index contributed by atoms with van der Waals surface area (Å²) in [5, 5.41) is 19.2. The number of nitrogens with zero attached hydrogens (tertiary/aromatic N) is 3. The highest BCUT2D eigenvalue weighted by molar-refractivity contribution is 7.98. The van der Waals surface area contributed by atoms with Gasteiger partial charge < -0.3 is 13.9 Å². The van der Waals surface area contributed by atoms with Crippen molar-refractivity contribution in [3.05, 3.63) is 58.1 Å². The van der Waals surface area contributed by atoms with Crippen LogP contribution in [0.5, 0.6) is 11.5 Å². The molecule has 3 aromatic rings. The van der Waals surface area contributed by atoms with E-state index in [1.54, 1.807) is 38.5 Å². The molecule has 0 saturated carbocycles. The minimum atomic E-state index is -0.421. The van der Waals surface area contributed by atoms with Crippen molar-refractivity contribution in [1.82, 2.24) is 10.2 Å². The lowest BCUT2D eigenvalue weighted by Crippen LogP contribution is -1.90. The number of hydrogen-bond donors (Lipinski definition) is 0. The van der Waals surface area contributed by atoms with Crippen LogP contribution >= 0.6 is 11.8 Å². The molecule has 2 aromatic carbocycles. The number of aromatic nitrogens is 2. The van der Waals surface area contributed by atoms with Crippen LogP contribution in [-0.4, -0.2) is 29.3 Å². The third-order valence-electron chi connectivity index (χ3n) is 3.52. The first-order valence-corrected chi connectivity index (χ1v) is 8.51. The maximum absolute atomic E-state index is 10.8. The Labute approximate surface area is 153 Å². The Morgan fingerprint density at radius 3 is 2.65 bits per heavy atom. The van der Waals surface area contributed by atoms with Gasteiger partial charge in [-0.3, -0.25) is 10.1 Å². The Morgan fingerprint density at radius 1 is 1.12 bits per heavy atom. The zero-order valence-electron chi connectivity index (χ0n) is 14.0. The lowest BCUT2D eigenvalue weighted by atomic mass is 10.2. The molecule has 0 aliphatic rings. The van der Waals surface area contributed by atoms with E-state index in [0.717, 1.165) is 5.56 Å². The van der Waals surface area contributed by atoms with Gasteiger partial charge in [0.2, 0.25) is 5.89 Å². The molecule has 0 spiro atoms. The first-order valence-electron chi connectivity index (χ1n) is 7.52. The maximum Gasteiger partial charge on any atom is 0.277 e. The van der Waals surface area contributed by atoms with Crippen LogP contribution in [0.1, 0.15) is 5.56 Å². The lowest BCUT2D eigenvalue weighted by molar-refractivity contribution is -0.384. The van der Waals surface area contributed by atoms with Crippen LogP contribution in [-0.2, 0) is 5.75 Å². The summed E-state index contributed by atoms with van der Waals surface area (Å²) in [6, 6.07) is 11.7. The number of ether oxygens (including phenoxy) is 2. The Morgan fingerprint density at radius 2 is 1.92 bits per heavy atom. The fraction of sp³-hybridized carbons (Fsp3) is 0.176. The summed E-state index contributed by atoms with van der Waals surface area (Å²) in [7, 11) is 3.11. The van der Waals surface area contributed by atoms with Gasteiger partial charge in [-0.05, 0) is 23.8 Å². The number of non-ortho nitro benzene ring substituents is 1. The molecular formula is C17H15N3O5S. The number of hydrogen-bond acceptors (Lipinski definition) is 8. The second-order valence-electron chi connectivity index (χ2n) is 5.16. The molecule has 0 atom stereocenters. The van der Waals surface area contributed by atoms with Gasteiger partial charge in [-0.2, -0.15) is 0 Å². The molecule has 3 rings (SSSR count). The minimum absolute atomic E-state index is 0.0552. The van der Waals surface area contributed by atoms with Crippen molar-refractivity contribution in [2.75, 3.05) is 14.2 Å². The monoisotopic (exact) mass is 373 g/mol. The SMILES string of the molecule is COc1ccc(-c2nnc(SCc3cccc([N+](=O)[O-])c3)o2)cc1OC. The fourth-order valence-electron chi connectivity index (χ4n) is 2.26. The smallest absolute Gasteiger partial charge is 0.277 e. The molecule has 0 N–H and O–H groups in total. The molecule has 1 heterocycles. The van der Waals surface area contributed by atoms with Gasteiger partial charge in [0.05, 0.1) is 19.1 Å². The predicted molar refractivity (Wildman–Crippen MR) is 95.5 cm³/mol. The van der Waals surface area contributed by atoms with Gasteiger partial charge in [-0.25, -0.2) is 0 Å². The van der Waals surface area contributed by atoms with E-state index < -0.39 is 4.92 Å². The molecule has 9 heteroatoms. The number of thioether (sulfide) groups is 1. The van der Waals surface area contributed by atoms with Gasteiger partial charge in [-0.1, -0.05) is 23.9 Å². The Hall–Kier alpha value is -3.07. The molecule has 0 saturated heterocycles. The van der Waals surface area contributed by atoms with Crippen molar-refractivity contribution in [2.45, 2.75) is 11.0 Å². The van der Waals surface area contributed by atoms with Crippen LogP contribution in [0, 0.1) is 10.1 Å². The van der Waals surface area contributed by atoms with Crippen LogP contribution in [0.15, 0.2) is 52.1 Å². The Bertz CT molecular complexity index is 928. The highest BCUT2D eigenvalue weighted by Gasteiger charge is 2.13. The van der Waals surface area contributed by atoms with Gasteiger partial charge in [0.25, 0.3) is 10.9 Å². The topological polar surface area (TPSA) is 101 Å². The molecule has 1 aromatic heterocycles. The van der Waals surface area contributed by atoms with Crippen LogP contribution < -0.4 is 9.47 Å². The summed E-state index contributed by atoms with van der Waals surface area (Å²) in [4.78, 5) is 10.4. The molecule has 8 nitrogen and oxygen atoms in total. The van der Waals surface area contributed by atoms with Gasteiger partial charge in [0.15, 0.2) is 11.5 Å². The van der Waals surface area contributed by atoms with Crippen molar-refractivity contribution in [3.8, 4) is 23.0 Å². The summed E-state index contributed by atoms with van der Waals surface area (Å²) in [6.45, 7) is 0. The predicted octanol–water partition coefficient (Wildman–Crippen LogP) is 3.95. The fourth-order valence-corrected chi connectivity index (χ4v) is 2.97. The minimum Gasteiger partial charge on any atom is -0.493 e. The molecule has 0 aliphatic carbocycles.